The molecule has 1 unspecified atom stereocenters. The van der Waals surface area contributed by atoms with Gasteiger partial charge in [0.1, 0.15) is 0 Å². The first-order valence-corrected chi connectivity index (χ1v) is 7.93. The second-order valence-corrected chi connectivity index (χ2v) is 6.01. The zero-order valence-corrected chi connectivity index (χ0v) is 13.7. The fourth-order valence-corrected chi connectivity index (χ4v) is 2.69. The first-order valence-electron chi connectivity index (χ1n) is 6.86. The normalized spacial score (nSPS) is 13.7. The predicted molar refractivity (Wildman–Crippen MR) is 88.8 cm³/mol. The Hall–Kier alpha value is -0.970. The van der Waals surface area contributed by atoms with Crippen molar-refractivity contribution in [1.82, 2.24) is 0 Å². The number of carbonyl (C=O) groups is 1. The molecule has 1 rings (SSSR count). The highest BCUT2D eigenvalue weighted by Gasteiger charge is 2.28. The van der Waals surface area contributed by atoms with Gasteiger partial charge in [-0.05, 0) is 17.7 Å². The maximum atomic E-state index is 11.1. The molecule has 1 atom stereocenters. The Labute approximate surface area is 135 Å². The predicted octanol–water partition coefficient (Wildman–Crippen LogP) is 2.66. The summed E-state index contributed by atoms with van der Waals surface area (Å²) in [7, 11) is 0. The topological polar surface area (TPSA) is 66.6 Å². The van der Waals surface area contributed by atoms with Crippen molar-refractivity contribution in [2.24, 2.45) is 5.73 Å². The molecule has 0 spiro atoms. The fourth-order valence-electron chi connectivity index (χ4n) is 2.28. The van der Waals surface area contributed by atoms with Gasteiger partial charge in [0.15, 0.2) is 0 Å². The molecule has 0 aliphatic carbocycles. The highest BCUT2D eigenvalue weighted by atomic mass is 35.5. The molecule has 0 fully saturated rings. The van der Waals surface area contributed by atoms with Crippen LogP contribution in [-0.4, -0.2) is 42.5 Å². The van der Waals surface area contributed by atoms with Crippen LogP contribution in [0.3, 0.4) is 0 Å². The van der Waals surface area contributed by atoms with Crippen LogP contribution >= 0.6 is 23.2 Å². The molecule has 0 aliphatic rings. The molecule has 4 nitrogen and oxygen atoms in total. The molecule has 0 amide bonds. The lowest BCUT2D eigenvalue weighted by Crippen LogP contribution is -2.35. The van der Waals surface area contributed by atoms with Gasteiger partial charge in [-0.1, -0.05) is 19.1 Å². The molecule has 118 valence electrons. The lowest BCUT2D eigenvalue weighted by Gasteiger charge is -2.29. The molecule has 0 aromatic heterocycles. The van der Waals surface area contributed by atoms with Crippen molar-refractivity contribution in [3.05, 3.63) is 29.8 Å². The van der Waals surface area contributed by atoms with Crippen molar-refractivity contribution in [3.63, 3.8) is 0 Å². The number of rotatable bonds is 9. The van der Waals surface area contributed by atoms with Crippen LogP contribution in [0.15, 0.2) is 24.3 Å². The summed E-state index contributed by atoms with van der Waals surface area (Å²) in [5, 5.41) is 9.09. The summed E-state index contributed by atoms with van der Waals surface area (Å²) in [5.74, 6) is 0.154. The molecule has 21 heavy (non-hydrogen) atoms. The van der Waals surface area contributed by atoms with Crippen LogP contribution < -0.4 is 10.6 Å². The van der Waals surface area contributed by atoms with Gasteiger partial charge in [0, 0.05) is 42.5 Å². The Morgan fingerprint density at radius 2 is 1.95 bits per heavy atom. The third-order valence-electron chi connectivity index (χ3n) is 3.61. The van der Waals surface area contributed by atoms with Gasteiger partial charge in [-0.3, -0.25) is 4.79 Å². The van der Waals surface area contributed by atoms with E-state index in [2.05, 4.69) is 4.90 Å². The number of nitrogens with two attached hydrogens (primary N) is 1. The highest BCUT2D eigenvalue weighted by Crippen LogP contribution is 2.29. The summed E-state index contributed by atoms with van der Waals surface area (Å²) in [5.41, 5.74) is 7.12. The minimum absolute atomic E-state index is 0.00202. The van der Waals surface area contributed by atoms with Gasteiger partial charge in [-0.15, -0.1) is 23.2 Å². The first kappa shape index (κ1) is 18.1. The molecular weight excluding hydrogens is 311 g/mol. The van der Waals surface area contributed by atoms with E-state index in [-0.39, 0.29) is 13.0 Å². The lowest BCUT2D eigenvalue weighted by atomic mass is 9.79. The second kappa shape index (κ2) is 8.47. The van der Waals surface area contributed by atoms with Crippen molar-refractivity contribution in [2.75, 3.05) is 36.3 Å². The number of carboxylic acids is 1. The van der Waals surface area contributed by atoms with Gasteiger partial charge < -0.3 is 15.7 Å². The number of aliphatic carboxylic acids is 1. The second-order valence-electron chi connectivity index (χ2n) is 5.25. The van der Waals surface area contributed by atoms with Gasteiger partial charge in [0.25, 0.3) is 0 Å². The van der Waals surface area contributed by atoms with Crippen LogP contribution in [0.4, 0.5) is 5.69 Å². The van der Waals surface area contributed by atoms with Gasteiger partial charge in [-0.25, -0.2) is 0 Å². The number of nitrogens with zero attached hydrogens (tertiary/aromatic N) is 1. The smallest absolute Gasteiger partial charge is 0.304 e. The largest absolute Gasteiger partial charge is 0.481 e. The first-order chi connectivity index (χ1) is 9.96. The zero-order valence-electron chi connectivity index (χ0n) is 12.2. The Balaban J connectivity index is 3.09. The van der Waals surface area contributed by atoms with Gasteiger partial charge >= 0.3 is 5.97 Å². The van der Waals surface area contributed by atoms with E-state index in [1.807, 2.05) is 31.2 Å². The van der Waals surface area contributed by atoms with Crippen LogP contribution in [0.1, 0.15) is 18.9 Å². The van der Waals surface area contributed by atoms with Crippen LogP contribution in [0.25, 0.3) is 0 Å². The van der Waals surface area contributed by atoms with E-state index in [0.717, 1.165) is 11.3 Å². The van der Waals surface area contributed by atoms with E-state index in [4.69, 9.17) is 34.0 Å². The Kier molecular flexibility index (Phi) is 7.29. The number of benzene rings is 1. The number of carboxylic acid groups (broad SMARTS) is 1. The van der Waals surface area contributed by atoms with E-state index in [1.54, 1.807) is 0 Å². The summed E-state index contributed by atoms with van der Waals surface area (Å²) in [6.07, 6.45) is -0.00202. The average Bonchev–Trinajstić information content (AvgIpc) is 2.46. The molecule has 0 heterocycles. The summed E-state index contributed by atoms with van der Waals surface area (Å²) in [6, 6.07) is 7.78. The number of hydrogen-bond acceptors (Lipinski definition) is 3. The van der Waals surface area contributed by atoms with E-state index in [1.165, 1.54) is 0 Å². The van der Waals surface area contributed by atoms with Crippen LogP contribution in [0.2, 0.25) is 0 Å². The standard InChI is InChI=1S/C15H22Cl2N2O2/c1-15(11-18,10-14(20)21)12-3-2-4-13(9-12)19(7-5-16)8-6-17/h2-4,9H,5-8,10-11,18H2,1H3,(H,20,21). The summed E-state index contributed by atoms with van der Waals surface area (Å²) < 4.78 is 0. The fraction of sp³-hybridized carbons (Fsp3) is 0.533. The molecule has 1 aromatic carbocycles. The zero-order chi connectivity index (χ0) is 15.9. The maximum absolute atomic E-state index is 11.1. The van der Waals surface area contributed by atoms with Crippen molar-refractivity contribution in [2.45, 2.75) is 18.8 Å². The number of hydrogen-bond donors (Lipinski definition) is 2. The molecule has 6 heteroatoms. The average molecular weight is 333 g/mol. The van der Waals surface area contributed by atoms with Crippen LogP contribution in [-0.2, 0) is 10.2 Å². The molecule has 1 aromatic rings. The van der Waals surface area contributed by atoms with Crippen molar-refractivity contribution in [3.8, 4) is 0 Å². The van der Waals surface area contributed by atoms with Gasteiger partial charge in [0.2, 0.25) is 0 Å². The Morgan fingerprint density at radius 1 is 1.33 bits per heavy atom. The lowest BCUT2D eigenvalue weighted by molar-refractivity contribution is -0.138. The third-order valence-corrected chi connectivity index (χ3v) is 3.95. The Morgan fingerprint density at radius 3 is 2.43 bits per heavy atom. The van der Waals surface area contributed by atoms with Crippen molar-refractivity contribution >= 4 is 34.9 Å². The summed E-state index contributed by atoms with van der Waals surface area (Å²) in [4.78, 5) is 13.2. The van der Waals surface area contributed by atoms with Crippen LogP contribution in [0, 0.1) is 0 Å². The molecule has 0 saturated heterocycles. The molecule has 0 aliphatic heterocycles. The monoisotopic (exact) mass is 332 g/mol. The van der Waals surface area contributed by atoms with E-state index >= 15 is 0 Å². The number of anilines is 1. The SMILES string of the molecule is CC(CN)(CC(=O)O)c1cccc(N(CCCl)CCCl)c1. The molecule has 0 radical (unpaired) electrons. The van der Waals surface area contributed by atoms with E-state index in [0.29, 0.717) is 24.8 Å². The van der Waals surface area contributed by atoms with E-state index < -0.39 is 11.4 Å². The summed E-state index contributed by atoms with van der Waals surface area (Å²) in [6.45, 7) is 3.52. The van der Waals surface area contributed by atoms with Crippen LogP contribution in [0.5, 0.6) is 0 Å². The third kappa shape index (κ3) is 5.06. The Bertz CT molecular complexity index is 465. The maximum Gasteiger partial charge on any atom is 0.304 e. The minimum Gasteiger partial charge on any atom is -0.481 e. The minimum atomic E-state index is -0.855. The van der Waals surface area contributed by atoms with Gasteiger partial charge in [0.05, 0.1) is 6.42 Å². The van der Waals surface area contributed by atoms with Gasteiger partial charge in [-0.2, -0.15) is 0 Å². The van der Waals surface area contributed by atoms with E-state index in [9.17, 15) is 4.79 Å². The highest BCUT2D eigenvalue weighted by molar-refractivity contribution is 6.18. The molecule has 0 saturated carbocycles. The quantitative estimate of drug-likeness (QED) is 0.682. The summed E-state index contributed by atoms with van der Waals surface area (Å²) >= 11 is 11.7. The number of halogens is 2. The van der Waals surface area contributed by atoms with Crippen molar-refractivity contribution < 1.29 is 9.90 Å². The number of alkyl halides is 2. The molecule has 0 bridgehead atoms. The van der Waals surface area contributed by atoms with Crippen molar-refractivity contribution in [1.29, 1.82) is 0 Å². The molecule has 3 N–H and O–H groups in total. The molecular formula is C15H22Cl2N2O2.